The van der Waals surface area contributed by atoms with E-state index in [1.807, 2.05) is 23.7 Å². The molecule has 20 heavy (non-hydrogen) atoms. The summed E-state index contributed by atoms with van der Waals surface area (Å²) < 4.78 is 0. The Morgan fingerprint density at radius 2 is 2.20 bits per heavy atom. The Labute approximate surface area is 124 Å². The first-order chi connectivity index (χ1) is 9.86. The third kappa shape index (κ3) is 3.07. The van der Waals surface area contributed by atoms with Gasteiger partial charge in [-0.3, -0.25) is 4.98 Å². The van der Waals surface area contributed by atoms with Crippen LogP contribution in [-0.4, -0.2) is 23.1 Å². The largest absolute Gasteiger partial charge is 0.316 e. The lowest BCUT2D eigenvalue weighted by Gasteiger charge is -2.21. The Morgan fingerprint density at radius 1 is 1.35 bits per heavy atom. The molecule has 2 aromatic rings. The standard InChI is InChI=1S/C16H21N3S/c1-2-17-11-13-4-3-5-14-16(13)19-15(20-14)10-12-6-8-18-9-7-12/h6-9,13,17H,2-5,10-11H2,1H3. The van der Waals surface area contributed by atoms with E-state index in [4.69, 9.17) is 4.98 Å². The molecule has 3 nitrogen and oxygen atoms in total. The zero-order chi connectivity index (χ0) is 13.8. The summed E-state index contributed by atoms with van der Waals surface area (Å²) in [5.41, 5.74) is 2.67. The van der Waals surface area contributed by atoms with E-state index >= 15 is 0 Å². The number of hydrogen-bond acceptors (Lipinski definition) is 4. The second-order valence-electron chi connectivity index (χ2n) is 5.35. The van der Waals surface area contributed by atoms with E-state index in [-0.39, 0.29) is 0 Å². The lowest BCUT2D eigenvalue weighted by molar-refractivity contribution is 0.508. The lowest BCUT2D eigenvalue weighted by Crippen LogP contribution is -2.24. The van der Waals surface area contributed by atoms with Crippen molar-refractivity contribution in [1.29, 1.82) is 0 Å². The highest BCUT2D eigenvalue weighted by atomic mass is 32.1. The number of aromatic nitrogens is 2. The summed E-state index contributed by atoms with van der Waals surface area (Å²) in [6.45, 7) is 4.28. The van der Waals surface area contributed by atoms with Crippen LogP contribution in [0.3, 0.4) is 0 Å². The Kier molecular flexibility index (Phi) is 4.43. The van der Waals surface area contributed by atoms with Gasteiger partial charge in [-0.05, 0) is 43.5 Å². The molecule has 1 atom stereocenters. The number of aryl methyl sites for hydroxylation is 1. The van der Waals surface area contributed by atoms with Crippen LogP contribution >= 0.6 is 11.3 Å². The van der Waals surface area contributed by atoms with Crippen molar-refractivity contribution in [2.45, 2.75) is 38.5 Å². The second kappa shape index (κ2) is 6.46. The number of likely N-dealkylation sites (N-methyl/N-ethyl adjacent to an activating group) is 1. The molecule has 0 spiro atoms. The van der Waals surface area contributed by atoms with Crippen LogP contribution in [0.1, 0.15) is 46.8 Å². The van der Waals surface area contributed by atoms with Crippen molar-refractivity contribution in [1.82, 2.24) is 15.3 Å². The van der Waals surface area contributed by atoms with Crippen molar-refractivity contribution in [2.24, 2.45) is 0 Å². The molecular formula is C16H21N3S. The van der Waals surface area contributed by atoms with Gasteiger partial charge in [-0.1, -0.05) is 6.92 Å². The van der Waals surface area contributed by atoms with Crippen molar-refractivity contribution in [2.75, 3.05) is 13.1 Å². The van der Waals surface area contributed by atoms with Gasteiger partial charge < -0.3 is 5.32 Å². The fourth-order valence-electron chi connectivity index (χ4n) is 2.83. The lowest BCUT2D eigenvalue weighted by atomic mass is 9.91. The molecule has 0 aromatic carbocycles. The molecule has 106 valence electrons. The fraction of sp³-hybridized carbons (Fsp3) is 0.500. The molecule has 1 N–H and O–H groups in total. The number of nitrogens with one attached hydrogen (secondary N) is 1. The average Bonchev–Trinajstić information content (AvgIpc) is 2.89. The van der Waals surface area contributed by atoms with Gasteiger partial charge in [0.25, 0.3) is 0 Å². The quantitative estimate of drug-likeness (QED) is 0.918. The van der Waals surface area contributed by atoms with Gasteiger partial charge in [-0.15, -0.1) is 11.3 Å². The summed E-state index contributed by atoms with van der Waals surface area (Å²) in [7, 11) is 0. The van der Waals surface area contributed by atoms with E-state index in [2.05, 4.69) is 29.4 Å². The molecular weight excluding hydrogens is 266 g/mol. The molecule has 3 rings (SSSR count). The van der Waals surface area contributed by atoms with Gasteiger partial charge in [-0.25, -0.2) is 4.98 Å². The van der Waals surface area contributed by atoms with Crippen LogP contribution in [0.25, 0.3) is 0 Å². The fourth-order valence-corrected chi connectivity index (χ4v) is 4.06. The van der Waals surface area contributed by atoms with Crippen LogP contribution < -0.4 is 5.32 Å². The molecule has 0 bridgehead atoms. The highest BCUT2D eigenvalue weighted by Crippen LogP contribution is 2.35. The van der Waals surface area contributed by atoms with Gasteiger partial charge in [0.2, 0.25) is 0 Å². The smallest absolute Gasteiger partial charge is 0.0975 e. The Hall–Kier alpha value is -1.26. The monoisotopic (exact) mass is 287 g/mol. The molecule has 4 heteroatoms. The average molecular weight is 287 g/mol. The maximum absolute atomic E-state index is 4.94. The van der Waals surface area contributed by atoms with Crippen molar-refractivity contribution >= 4 is 11.3 Å². The van der Waals surface area contributed by atoms with Crippen molar-refractivity contribution in [3.63, 3.8) is 0 Å². The molecule has 0 amide bonds. The van der Waals surface area contributed by atoms with Gasteiger partial charge >= 0.3 is 0 Å². The first kappa shape index (κ1) is 13.7. The van der Waals surface area contributed by atoms with Crippen LogP contribution in [0, 0.1) is 0 Å². The van der Waals surface area contributed by atoms with E-state index in [1.165, 1.54) is 40.4 Å². The predicted molar refractivity (Wildman–Crippen MR) is 83.4 cm³/mol. The maximum atomic E-state index is 4.94. The van der Waals surface area contributed by atoms with E-state index in [1.54, 1.807) is 0 Å². The zero-order valence-corrected chi connectivity index (χ0v) is 12.7. The Balaban J connectivity index is 1.77. The minimum absolute atomic E-state index is 0.612. The van der Waals surface area contributed by atoms with E-state index < -0.39 is 0 Å². The Bertz CT molecular complexity index is 550. The van der Waals surface area contributed by atoms with Gasteiger partial charge in [0, 0.05) is 36.2 Å². The third-order valence-electron chi connectivity index (χ3n) is 3.86. The summed E-state index contributed by atoms with van der Waals surface area (Å²) in [5.74, 6) is 0.612. The Morgan fingerprint density at radius 3 is 3.00 bits per heavy atom. The first-order valence-electron chi connectivity index (χ1n) is 7.45. The summed E-state index contributed by atoms with van der Waals surface area (Å²) in [6, 6.07) is 4.16. The van der Waals surface area contributed by atoms with Gasteiger partial charge in [-0.2, -0.15) is 0 Å². The second-order valence-corrected chi connectivity index (χ2v) is 6.51. The van der Waals surface area contributed by atoms with E-state index in [0.29, 0.717) is 5.92 Å². The summed E-state index contributed by atoms with van der Waals surface area (Å²) in [6.07, 6.45) is 8.45. The number of thiazole rings is 1. The number of nitrogens with zero attached hydrogens (tertiary/aromatic N) is 2. The van der Waals surface area contributed by atoms with Gasteiger partial charge in [0.1, 0.15) is 0 Å². The summed E-state index contributed by atoms with van der Waals surface area (Å²) >= 11 is 1.91. The molecule has 0 fully saturated rings. The van der Waals surface area contributed by atoms with Crippen LogP contribution in [0.4, 0.5) is 0 Å². The van der Waals surface area contributed by atoms with E-state index in [9.17, 15) is 0 Å². The van der Waals surface area contributed by atoms with Crippen molar-refractivity contribution in [3.05, 3.63) is 45.7 Å². The third-order valence-corrected chi connectivity index (χ3v) is 4.99. The van der Waals surface area contributed by atoms with Crippen molar-refractivity contribution in [3.8, 4) is 0 Å². The molecule has 1 unspecified atom stereocenters. The summed E-state index contributed by atoms with van der Waals surface area (Å²) in [5, 5.41) is 4.73. The molecule has 2 heterocycles. The molecule has 0 radical (unpaired) electrons. The van der Waals surface area contributed by atoms with Crippen molar-refractivity contribution < 1.29 is 0 Å². The normalized spacial score (nSPS) is 17.9. The summed E-state index contributed by atoms with van der Waals surface area (Å²) in [4.78, 5) is 10.5. The predicted octanol–water partition coefficient (Wildman–Crippen LogP) is 3.16. The van der Waals surface area contributed by atoms with Crippen LogP contribution in [0.2, 0.25) is 0 Å². The number of rotatable bonds is 5. The number of hydrogen-bond donors (Lipinski definition) is 1. The molecule has 2 aromatic heterocycles. The van der Waals surface area contributed by atoms with Crippen LogP contribution in [0.5, 0.6) is 0 Å². The minimum Gasteiger partial charge on any atom is -0.316 e. The molecule has 1 aliphatic rings. The molecule has 0 saturated carbocycles. The van der Waals surface area contributed by atoms with Gasteiger partial charge in [0.05, 0.1) is 10.7 Å². The molecule has 0 aliphatic heterocycles. The van der Waals surface area contributed by atoms with E-state index in [0.717, 1.165) is 19.5 Å². The number of fused-ring (bicyclic) bond motifs is 1. The molecule has 0 saturated heterocycles. The number of pyridine rings is 1. The minimum atomic E-state index is 0.612. The first-order valence-corrected chi connectivity index (χ1v) is 8.26. The zero-order valence-electron chi connectivity index (χ0n) is 11.9. The maximum Gasteiger partial charge on any atom is 0.0975 e. The highest BCUT2D eigenvalue weighted by Gasteiger charge is 2.24. The SMILES string of the molecule is CCNCC1CCCc2sc(Cc3ccncc3)nc21. The topological polar surface area (TPSA) is 37.8 Å². The van der Waals surface area contributed by atoms with Crippen LogP contribution in [-0.2, 0) is 12.8 Å². The highest BCUT2D eigenvalue weighted by molar-refractivity contribution is 7.11. The molecule has 1 aliphatic carbocycles. The van der Waals surface area contributed by atoms with Gasteiger partial charge in [0.15, 0.2) is 0 Å². The van der Waals surface area contributed by atoms with Crippen LogP contribution in [0.15, 0.2) is 24.5 Å².